The first-order valence-electron chi connectivity index (χ1n) is 17.4. The molecular formula is C36H46ClN5O4. The van der Waals surface area contributed by atoms with Gasteiger partial charge in [0, 0.05) is 79.1 Å². The highest BCUT2D eigenvalue weighted by molar-refractivity contribution is 6.31. The number of aromatic nitrogens is 1. The van der Waals surface area contributed by atoms with Crippen LogP contribution in [0.4, 0.5) is 0 Å². The molecule has 3 aliphatic heterocycles. The van der Waals surface area contributed by atoms with Crippen molar-refractivity contribution in [3.63, 3.8) is 0 Å². The molecular weight excluding hydrogens is 602 g/mol. The van der Waals surface area contributed by atoms with E-state index in [1.54, 1.807) is 0 Å². The van der Waals surface area contributed by atoms with Crippen molar-refractivity contribution in [3.05, 3.63) is 46.1 Å². The second kappa shape index (κ2) is 12.7. The number of piperazine rings is 1. The van der Waals surface area contributed by atoms with Crippen LogP contribution in [0.2, 0.25) is 5.02 Å². The van der Waals surface area contributed by atoms with Crippen molar-refractivity contribution >= 4 is 46.1 Å². The molecule has 1 saturated carbocycles. The van der Waals surface area contributed by atoms with Crippen LogP contribution < -0.4 is 5.32 Å². The van der Waals surface area contributed by atoms with E-state index >= 15 is 0 Å². The molecule has 5 aliphatic rings. The van der Waals surface area contributed by atoms with Crippen molar-refractivity contribution in [1.29, 1.82) is 0 Å². The van der Waals surface area contributed by atoms with Crippen LogP contribution >= 0.6 is 11.6 Å². The number of carbonyl (C=O) groups excluding carboxylic acids is 4. The number of H-pyrrole nitrogens is 1. The summed E-state index contributed by atoms with van der Waals surface area (Å²) in [5, 5.41) is 4.76. The molecule has 2 aliphatic carbocycles. The molecule has 2 saturated heterocycles. The Balaban J connectivity index is 1.16. The summed E-state index contributed by atoms with van der Waals surface area (Å²) < 4.78 is 0. The summed E-state index contributed by atoms with van der Waals surface area (Å²) >= 11 is 6.42. The third-order valence-electron chi connectivity index (χ3n) is 11.3. The third-order valence-corrected chi connectivity index (χ3v) is 11.6. The molecule has 7 rings (SSSR count). The molecule has 46 heavy (non-hydrogen) atoms. The summed E-state index contributed by atoms with van der Waals surface area (Å²) in [5.74, 6) is -0.878. The number of nitrogens with zero attached hydrogens (tertiary/aromatic N) is 3. The van der Waals surface area contributed by atoms with Crippen molar-refractivity contribution in [3.8, 4) is 0 Å². The van der Waals surface area contributed by atoms with Gasteiger partial charge in [-0.05, 0) is 88.0 Å². The first-order chi connectivity index (χ1) is 22.3. The molecule has 2 aromatic rings. The highest BCUT2D eigenvalue weighted by Crippen LogP contribution is 2.52. The van der Waals surface area contributed by atoms with E-state index < -0.39 is 17.4 Å². The Labute approximate surface area is 276 Å². The largest absolute Gasteiger partial charge is 0.356 e. The van der Waals surface area contributed by atoms with Gasteiger partial charge in [-0.1, -0.05) is 30.2 Å². The molecule has 1 aromatic heterocycles. The Hall–Kier alpha value is -3.33. The molecule has 10 heteroatoms. The molecule has 0 radical (unpaired) electrons. The van der Waals surface area contributed by atoms with Gasteiger partial charge in [-0.2, -0.15) is 0 Å². The number of nitrogens with one attached hydrogen (secondary N) is 2. The Kier molecular flexibility index (Phi) is 8.64. The summed E-state index contributed by atoms with van der Waals surface area (Å²) in [5.41, 5.74) is 3.55. The summed E-state index contributed by atoms with van der Waals surface area (Å²) in [4.78, 5) is 64.4. The quantitative estimate of drug-likeness (QED) is 0.397. The Morgan fingerprint density at radius 3 is 2.48 bits per heavy atom. The van der Waals surface area contributed by atoms with Crippen molar-refractivity contribution in [2.24, 2.45) is 17.8 Å². The summed E-state index contributed by atoms with van der Waals surface area (Å²) in [6, 6.07) is 5.80. The zero-order chi connectivity index (χ0) is 32.0. The number of hydrogen-bond acceptors (Lipinski definition) is 4. The van der Waals surface area contributed by atoms with Crippen LogP contribution in [0.25, 0.3) is 10.9 Å². The van der Waals surface area contributed by atoms with Gasteiger partial charge in [0.05, 0.1) is 11.5 Å². The van der Waals surface area contributed by atoms with Gasteiger partial charge in [0.15, 0.2) is 0 Å². The Morgan fingerprint density at radius 2 is 1.78 bits per heavy atom. The molecule has 9 nitrogen and oxygen atoms in total. The van der Waals surface area contributed by atoms with E-state index in [4.69, 9.17) is 11.6 Å². The average molecular weight is 648 g/mol. The van der Waals surface area contributed by atoms with E-state index in [1.807, 2.05) is 32.9 Å². The maximum atomic E-state index is 14.7. The van der Waals surface area contributed by atoms with Crippen molar-refractivity contribution < 1.29 is 19.2 Å². The fraction of sp³-hybridized carbons (Fsp3) is 0.611. The number of halogens is 1. The maximum Gasteiger partial charge on any atom is 0.228 e. The fourth-order valence-corrected chi connectivity index (χ4v) is 8.89. The molecule has 4 amide bonds. The van der Waals surface area contributed by atoms with Gasteiger partial charge in [0.25, 0.3) is 0 Å². The number of aromatic amines is 1. The minimum Gasteiger partial charge on any atom is -0.356 e. The van der Waals surface area contributed by atoms with E-state index in [0.29, 0.717) is 63.6 Å². The minimum absolute atomic E-state index is 0.0112. The van der Waals surface area contributed by atoms with Gasteiger partial charge in [0.2, 0.25) is 23.6 Å². The molecule has 3 fully saturated rings. The van der Waals surface area contributed by atoms with Crippen LogP contribution in [0.15, 0.2) is 29.8 Å². The first-order valence-corrected chi connectivity index (χ1v) is 17.8. The van der Waals surface area contributed by atoms with Crippen LogP contribution in [-0.4, -0.2) is 82.6 Å². The fourth-order valence-electron chi connectivity index (χ4n) is 8.71. The Bertz CT molecular complexity index is 1570. The normalized spacial score (nSPS) is 26.4. The second-order valence-electron chi connectivity index (χ2n) is 14.0. The predicted molar refractivity (Wildman–Crippen MR) is 177 cm³/mol. The molecule has 0 spiro atoms. The van der Waals surface area contributed by atoms with Crippen LogP contribution in [0, 0.1) is 17.8 Å². The van der Waals surface area contributed by atoms with Crippen LogP contribution in [-0.2, 0) is 31.1 Å². The summed E-state index contributed by atoms with van der Waals surface area (Å²) in [6.07, 6.45) is 11.3. The SMILES string of the molecule is CC[C@]12c3[nH]c4ccc(Cl)cc4c3CCN1C(=O)[C@@H](CC(=O)NCCC1=CCCCC1)C[C@@H]2C(=O)N1CCN(C(=O)C2CC2)CC1. The highest BCUT2D eigenvalue weighted by atomic mass is 35.5. The van der Waals surface area contributed by atoms with E-state index in [-0.39, 0.29) is 36.0 Å². The topological polar surface area (TPSA) is 106 Å². The number of piperidine rings is 1. The van der Waals surface area contributed by atoms with E-state index in [9.17, 15) is 19.2 Å². The lowest BCUT2D eigenvalue weighted by Gasteiger charge is -2.56. The number of carbonyl (C=O) groups is 4. The number of allylic oxidation sites excluding steroid dienone is 1. The van der Waals surface area contributed by atoms with Crippen LogP contribution in [0.1, 0.15) is 82.4 Å². The zero-order valence-corrected chi connectivity index (χ0v) is 27.7. The van der Waals surface area contributed by atoms with Gasteiger partial charge in [-0.25, -0.2) is 0 Å². The number of fused-ring (bicyclic) bond motifs is 5. The lowest BCUT2D eigenvalue weighted by Crippen LogP contribution is -2.66. The Morgan fingerprint density at radius 1 is 1.02 bits per heavy atom. The standard InChI is InChI=1S/C36H46ClN5O4/c1-2-36-29(35(46)41-18-16-40(17-19-41)33(44)24-8-9-24)20-25(21-31(43)38-14-12-23-6-4-3-5-7-23)34(45)42(36)15-13-27-28-22-26(37)10-11-30(28)39-32(27)36/h6,10-11,22,24-25,29,39H,2-5,7-9,12-21H2,1H3,(H,38,43)/t25-,29-,36+/m1/s1. The average Bonchev–Trinajstić information content (AvgIpc) is 3.86. The van der Waals surface area contributed by atoms with Crippen LogP contribution in [0.5, 0.6) is 0 Å². The molecule has 0 unspecified atom stereocenters. The van der Waals surface area contributed by atoms with Gasteiger partial charge in [-0.3, -0.25) is 19.2 Å². The zero-order valence-electron chi connectivity index (χ0n) is 26.9. The van der Waals surface area contributed by atoms with E-state index in [2.05, 4.69) is 23.3 Å². The third kappa shape index (κ3) is 5.62. The van der Waals surface area contributed by atoms with Crippen LogP contribution in [0.3, 0.4) is 0 Å². The predicted octanol–water partition coefficient (Wildman–Crippen LogP) is 4.93. The molecule has 246 valence electrons. The van der Waals surface area contributed by atoms with Crippen molar-refractivity contribution in [1.82, 2.24) is 25.0 Å². The van der Waals surface area contributed by atoms with Crippen molar-refractivity contribution in [2.45, 2.75) is 83.1 Å². The van der Waals surface area contributed by atoms with Gasteiger partial charge < -0.3 is 25.0 Å². The smallest absolute Gasteiger partial charge is 0.228 e. The lowest BCUT2D eigenvalue weighted by molar-refractivity contribution is -0.167. The monoisotopic (exact) mass is 647 g/mol. The van der Waals surface area contributed by atoms with Crippen molar-refractivity contribution in [2.75, 3.05) is 39.3 Å². The summed E-state index contributed by atoms with van der Waals surface area (Å²) in [7, 11) is 0. The molecule has 0 bridgehead atoms. The number of rotatable bonds is 8. The number of benzene rings is 1. The molecule has 3 atom stereocenters. The first kappa shape index (κ1) is 31.3. The highest BCUT2D eigenvalue weighted by Gasteiger charge is 2.59. The second-order valence-corrected chi connectivity index (χ2v) is 14.4. The molecule has 2 N–H and O–H groups in total. The van der Waals surface area contributed by atoms with E-state index in [1.165, 1.54) is 18.4 Å². The lowest BCUT2D eigenvalue weighted by atomic mass is 9.65. The molecule has 1 aromatic carbocycles. The van der Waals surface area contributed by atoms with Gasteiger partial charge in [0.1, 0.15) is 0 Å². The number of hydrogen-bond donors (Lipinski definition) is 2. The number of amides is 4. The van der Waals surface area contributed by atoms with E-state index in [0.717, 1.165) is 54.3 Å². The van der Waals surface area contributed by atoms with Gasteiger partial charge in [-0.15, -0.1) is 0 Å². The minimum atomic E-state index is -0.853. The summed E-state index contributed by atoms with van der Waals surface area (Å²) in [6.45, 7) is 5.16. The van der Waals surface area contributed by atoms with Gasteiger partial charge >= 0.3 is 0 Å². The maximum absolute atomic E-state index is 14.7. The molecule has 4 heterocycles.